The van der Waals surface area contributed by atoms with E-state index in [0.29, 0.717) is 24.6 Å². The molecule has 1 atom stereocenters. The highest BCUT2D eigenvalue weighted by Gasteiger charge is 2.11. The molecule has 4 N–H and O–H groups in total. The Kier molecular flexibility index (Phi) is 5.81. The van der Waals surface area contributed by atoms with Crippen LogP contribution in [0.3, 0.4) is 0 Å². The Morgan fingerprint density at radius 2 is 2.05 bits per heavy atom. The van der Waals surface area contributed by atoms with Crippen molar-refractivity contribution in [2.45, 2.75) is 26.8 Å². The van der Waals surface area contributed by atoms with Crippen LogP contribution in [-0.2, 0) is 17.3 Å². The Bertz CT molecular complexity index is 564. The summed E-state index contributed by atoms with van der Waals surface area (Å²) in [7, 11) is -0.911. The summed E-state index contributed by atoms with van der Waals surface area (Å²) in [6.07, 6.45) is 0.732. The average molecular weight is 288 g/mol. The first-order valence-corrected chi connectivity index (χ1v) is 7.71. The maximum Gasteiger partial charge on any atom is 0.330 e. The lowest BCUT2D eigenvalue weighted by molar-refractivity contribution is 0.642. The number of hydrogen-bond donors (Lipinski definition) is 3. The van der Waals surface area contributed by atoms with Crippen molar-refractivity contribution in [3.05, 3.63) is 20.8 Å². The minimum atomic E-state index is -0.911. The molecule has 0 spiro atoms. The third-order valence-corrected chi connectivity index (χ3v) is 3.94. The van der Waals surface area contributed by atoms with E-state index >= 15 is 0 Å². The lowest BCUT2D eigenvalue weighted by Gasteiger charge is -2.12. The van der Waals surface area contributed by atoms with E-state index < -0.39 is 22.0 Å². The van der Waals surface area contributed by atoms with Gasteiger partial charge in [0.25, 0.3) is 5.56 Å². The zero-order valence-electron chi connectivity index (χ0n) is 11.2. The number of nitrogens with one attached hydrogen (secondary N) is 2. The van der Waals surface area contributed by atoms with Gasteiger partial charge in [-0.2, -0.15) is 0 Å². The van der Waals surface area contributed by atoms with Gasteiger partial charge < -0.3 is 11.1 Å². The van der Waals surface area contributed by atoms with E-state index in [0.717, 1.165) is 6.42 Å². The maximum atomic E-state index is 11.7. The third-order valence-electron chi connectivity index (χ3n) is 2.64. The number of aromatic amines is 1. The number of hydrogen-bond acceptors (Lipinski definition) is 5. The van der Waals surface area contributed by atoms with Crippen molar-refractivity contribution in [3.63, 3.8) is 0 Å². The Hall–Kier alpha value is -1.57. The lowest BCUT2D eigenvalue weighted by atomic mass is 10.4. The topological polar surface area (TPSA) is 110 Å². The number of nitrogens with zero attached hydrogens (tertiary/aromatic N) is 1. The molecule has 1 unspecified atom stereocenters. The molecule has 0 bridgehead atoms. The number of rotatable bonds is 7. The predicted molar refractivity (Wildman–Crippen MR) is 78.1 cm³/mol. The van der Waals surface area contributed by atoms with E-state index in [9.17, 15) is 13.8 Å². The Labute approximate surface area is 113 Å². The molecular formula is C11H20N4O3S. The molecule has 7 nitrogen and oxygen atoms in total. The van der Waals surface area contributed by atoms with Gasteiger partial charge in [0.05, 0.1) is 0 Å². The second kappa shape index (κ2) is 7.13. The van der Waals surface area contributed by atoms with Crippen molar-refractivity contribution >= 4 is 22.3 Å². The van der Waals surface area contributed by atoms with Crippen LogP contribution in [0.25, 0.3) is 0 Å². The van der Waals surface area contributed by atoms with Crippen molar-refractivity contribution in [1.82, 2.24) is 9.55 Å². The van der Waals surface area contributed by atoms with Gasteiger partial charge in [-0.15, -0.1) is 0 Å². The molecular weight excluding hydrogens is 268 g/mol. The normalized spacial score (nSPS) is 12.3. The molecule has 1 rings (SSSR count). The first kappa shape index (κ1) is 15.5. The third kappa shape index (κ3) is 3.95. The highest BCUT2D eigenvalue weighted by atomic mass is 32.2. The van der Waals surface area contributed by atoms with Gasteiger partial charge in [0.2, 0.25) is 0 Å². The SMILES string of the molecule is CCCn1c(N)c(NCCS(=O)CC)c(=O)[nH]c1=O. The fourth-order valence-corrected chi connectivity index (χ4v) is 2.26. The summed E-state index contributed by atoms with van der Waals surface area (Å²) in [5, 5.41) is 2.85. The van der Waals surface area contributed by atoms with E-state index in [1.807, 2.05) is 13.8 Å². The lowest BCUT2D eigenvalue weighted by Crippen LogP contribution is -2.34. The molecule has 0 saturated carbocycles. The van der Waals surface area contributed by atoms with Crippen LogP contribution in [0.15, 0.2) is 9.59 Å². The molecule has 1 aromatic rings. The highest BCUT2D eigenvalue weighted by Crippen LogP contribution is 2.09. The molecule has 0 fully saturated rings. The summed E-state index contributed by atoms with van der Waals surface area (Å²) >= 11 is 0. The molecule has 19 heavy (non-hydrogen) atoms. The molecule has 8 heteroatoms. The van der Waals surface area contributed by atoms with E-state index in [2.05, 4.69) is 10.3 Å². The maximum absolute atomic E-state index is 11.7. The van der Waals surface area contributed by atoms with Gasteiger partial charge in [-0.1, -0.05) is 13.8 Å². The van der Waals surface area contributed by atoms with Gasteiger partial charge in [0, 0.05) is 35.4 Å². The number of nitrogen functional groups attached to an aromatic ring is 1. The van der Waals surface area contributed by atoms with Gasteiger partial charge in [0.1, 0.15) is 11.5 Å². The van der Waals surface area contributed by atoms with Crippen LogP contribution >= 0.6 is 0 Å². The van der Waals surface area contributed by atoms with Crippen LogP contribution < -0.4 is 22.3 Å². The van der Waals surface area contributed by atoms with Crippen LogP contribution in [0.4, 0.5) is 11.5 Å². The fraction of sp³-hybridized carbons (Fsp3) is 0.636. The van der Waals surface area contributed by atoms with Crippen molar-refractivity contribution < 1.29 is 4.21 Å². The molecule has 0 aliphatic heterocycles. The first-order valence-electron chi connectivity index (χ1n) is 6.22. The van der Waals surface area contributed by atoms with E-state index in [1.165, 1.54) is 4.57 Å². The van der Waals surface area contributed by atoms with E-state index in [1.54, 1.807) is 0 Å². The fourth-order valence-electron chi connectivity index (χ4n) is 1.64. The zero-order chi connectivity index (χ0) is 14.4. The van der Waals surface area contributed by atoms with E-state index in [4.69, 9.17) is 5.73 Å². The van der Waals surface area contributed by atoms with Crippen LogP contribution in [0.5, 0.6) is 0 Å². The Balaban J connectivity index is 2.94. The first-order chi connectivity index (χ1) is 9.01. The molecule has 0 aromatic carbocycles. The quantitative estimate of drug-likeness (QED) is 0.638. The monoisotopic (exact) mass is 288 g/mol. The van der Waals surface area contributed by atoms with Crippen LogP contribution in [0.2, 0.25) is 0 Å². The molecule has 1 aromatic heterocycles. The van der Waals surface area contributed by atoms with Gasteiger partial charge in [-0.3, -0.25) is 18.6 Å². The van der Waals surface area contributed by atoms with Crippen molar-refractivity contribution in [2.24, 2.45) is 0 Å². The van der Waals surface area contributed by atoms with Gasteiger partial charge in [-0.25, -0.2) is 4.79 Å². The van der Waals surface area contributed by atoms with Crippen molar-refractivity contribution in [3.8, 4) is 0 Å². The predicted octanol–water partition coefficient (Wildman–Crippen LogP) is -0.291. The summed E-state index contributed by atoms with van der Waals surface area (Å²) in [6.45, 7) is 4.56. The standard InChI is InChI=1S/C11H20N4O3S/c1-3-6-15-9(12)8(10(16)14-11(15)17)13-5-7-19(18)4-2/h13H,3-7,12H2,1-2H3,(H,14,16,17). The highest BCUT2D eigenvalue weighted by molar-refractivity contribution is 7.84. The molecule has 0 radical (unpaired) electrons. The smallest absolute Gasteiger partial charge is 0.330 e. The molecule has 0 aliphatic carbocycles. The molecule has 0 saturated heterocycles. The van der Waals surface area contributed by atoms with Crippen molar-refractivity contribution in [2.75, 3.05) is 29.1 Å². The molecule has 1 heterocycles. The van der Waals surface area contributed by atoms with Crippen LogP contribution in [0, 0.1) is 0 Å². The van der Waals surface area contributed by atoms with Crippen LogP contribution in [-0.4, -0.2) is 31.8 Å². The zero-order valence-corrected chi connectivity index (χ0v) is 12.0. The van der Waals surface area contributed by atoms with E-state index in [-0.39, 0.29) is 11.5 Å². The molecule has 0 amide bonds. The number of aromatic nitrogens is 2. The minimum absolute atomic E-state index is 0.123. The average Bonchev–Trinajstić information content (AvgIpc) is 2.38. The Morgan fingerprint density at radius 3 is 2.63 bits per heavy atom. The van der Waals surface area contributed by atoms with Gasteiger partial charge >= 0.3 is 5.69 Å². The number of H-pyrrole nitrogens is 1. The summed E-state index contributed by atoms with van der Waals surface area (Å²) in [6, 6.07) is 0. The summed E-state index contributed by atoms with van der Waals surface area (Å²) in [5.41, 5.74) is 4.94. The Morgan fingerprint density at radius 1 is 1.37 bits per heavy atom. The number of anilines is 2. The summed E-state index contributed by atoms with van der Waals surface area (Å²) < 4.78 is 12.6. The molecule has 0 aliphatic rings. The largest absolute Gasteiger partial charge is 0.383 e. The molecule has 108 valence electrons. The minimum Gasteiger partial charge on any atom is -0.383 e. The van der Waals surface area contributed by atoms with Crippen LogP contribution in [0.1, 0.15) is 20.3 Å². The second-order valence-corrected chi connectivity index (χ2v) is 5.90. The summed E-state index contributed by atoms with van der Waals surface area (Å²) in [4.78, 5) is 25.5. The summed E-state index contributed by atoms with van der Waals surface area (Å²) in [5.74, 6) is 1.13. The van der Waals surface area contributed by atoms with Gasteiger partial charge in [-0.05, 0) is 6.42 Å². The second-order valence-electron chi connectivity index (χ2n) is 4.03. The van der Waals surface area contributed by atoms with Gasteiger partial charge in [0.15, 0.2) is 0 Å². The van der Waals surface area contributed by atoms with Crippen molar-refractivity contribution in [1.29, 1.82) is 0 Å². The number of nitrogens with two attached hydrogens (primary N) is 1.